The third-order valence-corrected chi connectivity index (χ3v) is 5.32. The zero-order valence-corrected chi connectivity index (χ0v) is 17.7. The minimum absolute atomic E-state index is 0.0173. The van der Waals surface area contributed by atoms with E-state index in [-0.39, 0.29) is 12.6 Å². The van der Waals surface area contributed by atoms with Gasteiger partial charge in [-0.2, -0.15) is 4.98 Å². The number of benzene rings is 3. The molecule has 0 amide bonds. The molecular weight excluding hydrogens is 386 g/mol. The van der Waals surface area contributed by atoms with E-state index in [4.69, 9.17) is 4.52 Å². The van der Waals surface area contributed by atoms with Gasteiger partial charge in [0.25, 0.3) is 0 Å². The number of nitrogens with zero attached hydrogens (tertiary/aromatic N) is 3. The topological polar surface area (TPSA) is 62.4 Å². The van der Waals surface area contributed by atoms with Gasteiger partial charge in [0.15, 0.2) is 0 Å². The third-order valence-electron chi connectivity index (χ3n) is 5.32. The van der Waals surface area contributed by atoms with Crippen LogP contribution in [0.15, 0.2) is 89.5 Å². The van der Waals surface area contributed by atoms with Crippen molar-refractivity contribution in [3.8, 4) is 11.4 Å². The van der Waals surface area contributed by atoms with E-state index in [0.29, 0.717) is 31.2 Å². The summed E-state index contributed by atoms with van der Waals surface area (Å²) < 4.78 is 5.62. The summed E-state index contributed by atoms with van der Waals surface area (Å²) in [7, 11) is 0. The van der Waals surface area contributed by atoms with Crippen LogP contribution in [0.1, 0.15) is 35.0 Å². The fourth-order valence-electron chi connectivity index (χ4n) is 3.77. The van der Waals surface area contributed by atoms with Crippen molar-refractivity contribution in [1.82, 2.24) is 15.0 Å². The predicted molar refractivity (Wildman–Crippen MR) is 121 cm³/mol. The highest BCUT2D eigenvalue weighted by Gasteiger charge is 2.24. The molecule has 0 spiro atoms. The van der Waals surface area contributed by atoms with Crippen molar-refractivity contribution in [3.63, 3.8) is 0 Å². The van der Waals surface area contributed by atoms with Crippen LogP contribution < -0.4 is 0 Å². The molecule has 5 nitrogen and oxygen atoms in total. The highest BCUT2D eigenvalue weighted by molar-refractivity contribution is 5.54. The Morgan fingerprint density at radius 3 is 2.06 bits per heavy atom. The van der Waals surface area contributed by atoms with Gasteiger partial charge in [-0.1, -0.05) is 95.6 Å². The highest BCUT2D eigenvalue weighted by Crippen LogP contribution is 2.30. The third kappa shape index (κ3) is 5.26. The Kier molecular flexibility index (Phi) is 6.87. The van der Waals surface area contributed by atoms with E-state index in [2.05, 4.69) is 70.5 Å². The van der Waals surface area contributed by atoms with Crippen LogP contribution in [-0.4, -0.2) is 33.3 Å². The van der Waals surface area contributed by atoms with Crippen molar-refractivity contribution >= 4 is 0 Å². The lowest BCUT2D eigenvalue weighted by atomic mass is 9.96. The summed E-state index contributed by atoms with van der Waals surface area (Å²) in [6.45, 7) is 3.38. The van der Waals surface area contributed by atoms with Gasteiger partial charge in [-0.3, -0.25) is 4.90 Å². The molecule has 0 aliphatic carbocycles. The first-order valence-corrected chi connectivity index (χ1v) is 10.6. The minimum Gasteiger partial charge on any atom is -0.396 e. The number of hydrogen-bond donors (Lipinski definition) is 1. The van der Waals surface area contributed by atoms with Gasteiger partial charge in [0, 0.05) is 18.7 Å². The summed E-state index contributed by atoms with van der Waals surface area (Å²) in [5, 5.41) is 13.7. The molecule has 1 heterocycles. The van der Waals surface area contributed by atoms with E-state index < -0.39 is 0 Å². The van der Waals surface area contributed by atoms with E-state index >= 15 is 0 Å². The summed E-state index contributed by atoms with van der Waals surface area (Å²) in [4.78, 5) is 6.93. The second-order valence-corrected chi connectivity index (χ2v) is 7.65. The lowest BCUT2D eigenvalue weighted by Gasteiger charge is -2.31. The molecule has 0 fully saturated rings. The predicted octanol–water partition coefficient (Wildman–Crippen LogP) is 5.02. The number of rotatable bonds is 9. The van der Waals surface area contributed by atoms with Crippen LogP contribution in [0.25, 0.3) is 11.4 Å². The fraction of sp³-hybridized carbons (Fsp3) is 0.231. The Hall–Kier alpha value is -3.28. The molecule has 0 unspecified atom stereocenters. The Balaban J connectivity index is 1.65. The first kappa shape index (κ1) is 21.0. The Morgan fingerprint density at radius 1 is 0.871 bits per heavy atom. The summed E-state index contributed by atoms with van der Waals surface area (Å²) >= 11 is 0. The number of hydrogen-bond acceptors (Lipinski definition) is 5. The van der Waals surface area contributed by atoms with E-state index in [1.165, 1.54) is 16.7 Å². The minimum atomic E-state index is 0.0173. The molecule has 0 aliphatic heterocycles. The summed E-state index contributed by atoms with van der Waals surface area (Å²) in [5.74, 6) is 1.15. The van der Waals surface area contributed by atoms with Gasteiger partial charge in [0.1, 0.15) is 0 Å². The molecule has 31 heavy (non-hydrogen) atoms. The van der Waals surface area contributed by atoms with Crippen LogP contribution in [0.2, 0.25) is 0 Å². The number of aromatic nitrogens is 2. The van der Waals surface area contributed by atoms with Gasteiger partial charge < -0.3 is 9.63 Å². The van der Waals surface area contributed by atoms with Gasteiger partial charge in [0.05, 0.1) is 12.6 Å². The second kappa shape index (κ2) is 10.2. The number of aliphatic hydroxyl groups is 1. The quantitative estimate of drug-likeness (QED) is 0.417. The van der Waals surface area contributed by atoms with Crippen LogP contribution in [0.4, 0.5) is 0 Å². The molecule has 158 valence electrons. The average Bonchev–Trinajstić information content (AvgIpc) is 3.28. The maximum Gasteiger partial charge on any atom is 0.241 e. The van der Waals surface area contributed by atoms with Crippen LogP contribution >= 0.6 is 0 Å². The molecule has 0 bridgehead atoms. The van der Waals surface area contributed by atoms with Crippen molar-refractivity contribution in [3.05, 3.63) is 108 Å². The SMILES string of the molecule is Cc1ccc(-c2noc(CN(CCCO)C(c3ccccc3)c3ccccc3)n2)cc1. The molecule has 4 aromatic rings. The molecule has 0 saturated heterocycles. The summed E-state index contributed by atoms with van der Waals surface area (Å²) in [6, 6.07) is 28.9. The molecule has 1 N–H and O–H groups in total. The van der Waals surface area contributed by atoms with E-state index in [1.807, 2.05) is 36.4 Å². The zero-order chi connectivity index (χ0) is 21.5. The first-order valence-electron chi connectivity index (χ1n) is 10.6. The molecular formula is C26H27N3O2. The molecule has 1 aromatic heterocycles. The number of aryl methyl sites for hydroxylation is 1. The van der Waals surface area contributed by atoms with Crippen LogP contribution in [0.3, 0.4) is 0 Å². The lowest BCUT2D eigenvalue weighted by molar-refractivity contribution is 0.167. The Bertz CT molecular complexity index is 1020. The maximum absolute atomic E-state index is 9.50. The summed E-state index contributed by atoms with van der Waals surface area (Å²) in [6.07, 6.45) is 0.662. The van der Waals surface area contributed by atoms with Gasteiger partial charge >= 0.3 is 0 Å². The molecule has 0 atom stereocenters. The molecule has 4 rings (SSSR count). The zero-order valence-electron chi connectivity index (χ0n) is 17.7. The molecule has 0 saturated carbocycles. The Labute approximate surface area is 183 Å². The van der Waals surface area contributed by atoms with Crippen molar-refractivity contribution in [2.75, 3.05) is 13.2 Å². The Morgan fingerprint density at radius 2 is 1.48 bits per heavy atom. The van der Waals surface area contributed by atoms with Crippen LogP contribution in [0.5, 0.6) is 0 Å². The average molecular weight is 414 g/mol. The molecule has 0 aliphatic rings. The fourth-order valence-corrected chi connectivity index (χ4v) is 3.77. The van der Waals surface area contributed by atoms with Crippen molar-refractivity contribution in [2.45, 2.75) is 25.9 Å². The molecule has 0 radical (unpaired) electrons. The van der Waals surface area contributed by atoms with Gasteiger partial charge in [-0.25, -0.2) is 0 Å². The largest absolute Gasteiger partial charge is 0.396 e. The molecule has 3 aromatic carbocycles. The smallest absolute Gasteiger partial charge is 0.241 e. The number of aliphatic hydroxyl groups excluding tert-OH is 1. The van der Waals surface area contributed by atoms with Crippen LogP contribution in [-0.2, 0) is 6.54 Å². The van der Waals surface area contributed by atoms with Gasteiger partial charge in [0.2, 0.25) is 11.7 Å². The molecule has 5 heteroatoms. The van der Waals surface area contributed by atoms with E-state index in [0.717, 1.165) is 5.56 Å². The first-order chi connectivity index (χ1) is 15.2. The van der Waals surface area contributed by atoms with Crippen LogP contribution in [0, 0.1) is 6.92 Å². The van der Waals surface area contributed by atoms with Gasteiger partial charge in [-0.05, 0) is 24.5 Å². The maximum atomic E-state index is 9.50. The highest BCUT2D eigenvalue weighted by atomic mass is 16.5. The second-order valence-electron chi connectivity index (χ2n) is 7.65. The van der Waals surface area contributed by atoms with Crippen molar-refractivity contribution < 1.29 is 9.63 Å². The van der Waals surface area contributed by atoms with E-state index in [9.17, 15) is 5.11 Å². The van der Waals surface area contributed by atoms with Crippen molar-refractivity contribution in [2.24, 2.45) is 0 Å². The summed E-state index contributed by atoms with van der Waals surface area (Å²) in [5.41, 5.74) is 4.50. The van der Waals surface area contributed by atoms with Crippen molar-refractivity contribution in [1.29, 1.82) is 0 Å². The monoisotopic (exact) mass is 413 g/mol. The lowest BCUT2D eigenvalue weighted by Crippen LogP contribution is -2.31. The normalized spacial score (nSPS) is 11.4. The standard InChI is InChI=1S/C26H27N3O2/c1-20-13-15-23(16-14-20)26-27-24(31-28-26)19-29(17-8-18-30)25(21-9-4-2-5-10-21)22-11-6-3-7-12-22/h2-7,9-16,25,30H,8,17-19H2,1H3. The van der Waals surface area contributed by atoms with E-state index in [1.54, 1.807) is 0 Å². The van der Waals surface area contributed by atoms with Gasteiger partial charge in [-0.15, -0.1) is 0 Å².